The van der Waals surface area contributed by atoms with Crippen molar-refractivity contribution in [3.05, 3.63) is 54.0 Å². The van der Waals surface area contributed by atoms with Crippen LogP contribution in [0.3, 0.4) is 0 Å². The van der Waals surface area contributed by atoms with Gasteiger partial charge in [-0.2, -0.15) is 13.2 Å². The van der Waals surface area contributed by atoms with Gasteiger partial charge < -0.3 is 4.57 Å². The lowest BCUT2D eigenvalue weighted by Gasteiger charge is -2.29. The van der Waals surface area contributed by atoms with Crippen LogP contribution < -0.4 is 4.72 Å². The standard InChI is InChI=1S/C24H27F4N3O2S/c1-23(2,3)14-31-13-16(12-30-34(32,33)18-10-17(25)11-18)19-7-6-15(9-21(19)31)20-5-4-8-29-22(20)24(26,27)28/h4-9,13,17-18,30H,10-12,14H2,1-3H3. The molecule has 0 aliphatic heterocycles. The van der Waals surface area contributed by atoms with Crippen LogP contribution in [0, 0.1) is 5.41 Å². The summed E-state index contributed by atoms with van der Waals surface area (Å²) in [7, 11) is -3.65. The number of pyridine rings is 1. The smallest absolute Gasteiger partial charge is 0.347 e. The zero-order chi connectivity index (χ0) is 24.9. The van der Waals surface area contributed by atoms with E-state index in [2.05, 4.69) is 9.71 Å². The van der Waals surface area contributed by atoms with Crippen LogP contribution in [-0.2, 0) is 29.3 Å². The normalized spacial score (nSPS) is 19.4. The van der Waals surface area contributed by atoms with Crippen molar-refractivity contribution in [2.45, 2.75) is 64.3 Å². The van der Waals surface area contributed by atoms with E-state index in [1.54, 1.807) is 18.2 Å². The Kier molecular flexibility index (Phi) is 6.27. The fourth-order valence-electron chi connectivity index (χ4n) is 4.23. The van der Waals surface area contributed by atoms with Gasteiger partial charge in [0, 0.05) is 41.9 Å². The largest absolute Gasteiger partial charge is 0.433 e. The SMILES string of the molecule is CC(C)(C)Cn1cc(CNS(=O)(=O)C2CC(F)C2)c2ccc(-c3cccnc3C(F)(F)F)cc21. The molecule has 0 unspecified atom stereocenters. The number of halogens is 4. The highest BCUT2D eigenvalue weighted by molar-refractivity contribution is 7.90. The Balaban J connectivity index is 1.74. The number of rotatable bonds is 6. The second kappa shape index (κ2) is 8.64. The maximum absolute atomic E-state index is 13.5. The van der Waals surface area contributed by atoms with Crippen molar-refractivity contribution in [2.24, 2.45) is 5.41 Å². The summed E-state index contributed by atoms with van der Waals surface area (Å²) in [4.78, 5) is 3.55. The number of alkyl halides is 4. The van der Waals surface area contributed by atoms with Crippen molar-refractivity contribution in [1.29, 1.82) is 0 Å². The van der Waals surface area contributed by atoms with Gasteiger partial charge in [0.1, 0.15) is 6.17 Å². The number of aromatic nitrogens is 2. The van der Waals surface area contributed by atoms with Gasteiger partial charge in [-0.15, -0.1) is 0 Å². The first-order valence-corrected chi connectivity index (χ1v) is 12.6. The zero-order valence-electron chi connectivity index (χ0n) is 19.2. The van der Waals surface area contributed by atoms with Gasteiger partial charge in [0.25, 0.3) is 0 Å². The number of sulfonamides is 1. The van der Waals surface area contributed by atoms with E-state index >= 15 is 0 Å². The Labute approximate surface area is 196 Å². The Bertz CT molecular complexity index is 1300. The van der Waals surface area contributed by atoms with Crippen molar-refractivity contribution in [1.82, 2.24) is 14.3 Å². The average molecular weight is 498 g/mol. The number of benzene rings is 1. The predicted molar refractivity (Wildman–Crippen MR) is 123 cm³/mol. The summed E-state index contributed by atoms with van der Waals surface area (Å²) in [5, 5.41) is 0.00789. The summed E-state index contributed by atoms with van der Waals surface area (Å²) >= 11 is 0. The monoisotopic (exact) mass is 497 g/mol. The average Bonchev–Trinajstić information content (AvgIpc) is 3.04. The Morgan fingerprint density at radius 1 is 1.15 bits per heavy atom. The quantitative estimate of drug-likeness (QED) is 0.445. The molecule has 4 rings (SSSR count). The molecule has 0 atom stereocenters. The van der Waals surface area contributed by atoms with Gasteiger partial charge in [0.05, 0.1) is 5.25 Å². The molecule has 1 aromatic carbocycles. The summed E-state index contributed by atoms with van der Waals surface area (Å²) in [5.74, 6) is 0. The van der Waals surface area contributed by atoms with Crippen LogP contribution in [0.15, 0.2) is 42.7 Å². The van der Waals surface area contributed by atoms with Gasteiger partial charge in [0.15, 0.2) is 5.69 Å². The number of hydrogen-bond acceptors (Lipinski definition) is 3. The van der Waals surface area contributed by atoms with Crippen LogP contribution in [0.1, 0.15) is 44.9 Å². The molecule has 184 valence electrons. The van der Waals surface area contributed by atoms with Crippen LogP contribution in [0.25, 0.3) is 22.0 Å². The van der Waals surface area contributed by atoms with E-state index in [0.717, 1.165) is 11.6 Å². The molecule has 2 heterocycles. The van der Waals surface area contributed by atoms with Crippen molar-refractivity contribution in [3.63, 3.8) is 0 Å². The maximum atomic E-state index is 13.5. The van der Waals surface area contributed by atoms with Crippen LogP contribution in [0.4, 0.5) is 17.6 Å². The summed E-state index contributed by atoms with van der Waals surface area (Å²) in [5.41, 5.74) is 0.665. The predicted octanol–water partition coefficient (Wildman–Crippen LogP) is 5.69. The van der Waals surface area contributed by atoms with E-state index in [1.165, 1.54) is 12.1 Å². The number of nitrogens with zero attached hydrogens (tertiary/aromatic N) is 2. The first-order chi connectivity index (χ1) is 15.7. The summed E-state index contributed by atoms with van der Waals surface area (Å²) in [6, 6.07) is 7.84. The molecule has 2 aromatic heterocycles. The third-order valence-electron chi connectivity index (χ3n) is 5.94. The van der Waals surface area contributed by atoms with E-state index in [-0.39, 0.29) is 30.4 Å². The number of fused-ring (bicyclic) bond motifs is 1. The Morgan fingerprint density at radius 2 is 1.85 bits per heavy atom. The molecule has 34 heavy (non-hydrogen) atoms. The maximum Gasteiger partial charge on any atom is 0.433 e. The molecule has 1 N–H and O–H groups in total. The first-order valence-electron chi connectivity index (χ1n) is 11.0. The van der Waals surface area contributed by atoms with Crippen LogP contribution in [0.5, 0.6) is 0 Å². The molecule has 0 spiro atoms. The van der Waals surface area contributed by atoms with Gasteiger partial charge in [-0.3, -0.25) is 4.98 Å². The molecule has 1 fully saturated rings. The summed E-state index contributed by atoms with van der Waals surface area (Å²) in [6.07, 6.45) is -2.74. The van der Waals surface area contributed by atoms with Crippen molar-refractivity contribution < 1.29 is 26.0 Å². The fraction of sp³-hybridized carbons (Fsp3) is 0.458. The van der Waals surface area contributed by atoms with Gasteiger partial charge in [-0.1, -0.05) is 39.0 Å². The van der Waals surface area contributed by atoms with Crippen LogP contribution in [0.2, 0.25) is 0 Å². The molecule has 3 aromatic rings. The number of hydrogen-bond donors (Lipinski definition) is 1. The van der Waals surface area contributed by atoms with Crippen molar-refractivity contribution in [2.75, 3.05) is 0 Å². The molecule has 1 saturated carbocycles. The third kappa shape index (κ3) is 5.12. The second-order valence-electron chi connectivity index (χ2n) is 10.0. The van der Waals surface area contributed by atoms with Crippen LogP contribution >= 0.6 is 0 Å². The second-order valence-corrected chi connectivity index (χ2v) is 12.1. The lowest BCUT2D eigenvalue weighted by molar-refractivity contribution is -0.140. The minimum Gasteiger partial charge on any atom is -0.347 e. The molecule has 0 amide bonds. The molecule has 1 aliphatic carbocycles. The lowest BCUT2D eigenvalue weighted by Crippen LogP contribution is -2.43. The molecule has 10 heteroatoms. The van der Waals surface area contributed by atoms with Gasteiger partial charge in [-0.05, 0) is 41.5 Å². The topological polar surface area (TPSA) is 64.0 Å². The highest BCUT2D eigenvalue weighted by Crippen LogP contribution is 2.37. The highest BCUT2D eigenvalue weighted by Gasteiger charge is 2.39. The molecule has 5 nitrogen and oxygen atoms in total. The summed E-state index contributed by atoms with van der Waals surface area (Å²) in [6.45, 7) is 6.71. The molecule has 1 aliphatic rings. The minimum atomic E-state index is -4.59. The third-order valence-corrected chi connectivity index (χ3v) is 7.75. The van der Waals surface area contributed by atoms with Crippen LogP contribution in [-0.4, -0.2) is 29.4 Å². The highest BCUT2D eigenvalue weighted by atomic mass is 32.2. The van der Waals surface area contributed by atoms with Gasteiger partial charge in [0.2, 0.25) is 10.0 Å². The minimum absolute atomic E-state index is 0.00285. The van der Waals surface area contributed by atoms with Crippen molar-refractivity contribution >= 4 is 20.9 Å². The molecular formula is C24H27F4N3O2S. The molecular weight excluding hydrogens is 470 g/mol. The lowest BCUT2D eigenvalue weighted by atomic mass is 9.96. The van der Waals surface area contributed by atoms with E-state index in [4.69, 9.17) is 0 Å². The number of nitrogens with one attached hydrogen (secondary N) is 1. The first kappa shape index (κ1) is 24.7. The van der Waals surface area contributed by atoms with E-state index in [1.807, 2.05) is 31.5 Å². The van der Waals surface area contributed by atoms with Gasteiger partial charge in [-0.25, -0.2) is 17.5 Å². The van der Waals surface area contributed by atoms with E-state index in [9.17, 15) is 26.0 Å². The Hall–Kier alpha value is -2.46. The van der Waals surface area contributed by atoms with Gasteiger partial charge >= 0.3 is 6.18 Å². The van der Waals surface area contributed by atoms with Crippen molar-refractivity contribution in [3.8, 4) is 11.1 Å². The summed E-state index contributed by atoms with van der Waals surface area (Å²) < 4.78 is 83.2. The van der Waals surface area contributed by atoms with E-state index < -0.39 is 33.3 Å². The zero-order valence-corrected chi connectivity index (χ0v) is 20.0. The molecule has 0 bridgehead atoms. The molecule has 0 radical (unpaired) electrons. The fourth-order valence-corrected chi connectivity index (χ4v) is 5.75. The molecule has 0 saturated heterocycles. The Morgan fingerprint density at radius 3 is 2.47 bits per heavy atom. The van der Waals surface area contributed by atoms with E-state index in [0.29, 0.717) is 23.2 Å².